The topological polar surface area (TPSA) is 77.5 Å². The van der Waals surface area contributed by atoms with Crippen LogP contribution >= 0.6 is 11.3 Å². The number of nitrogens with one attached hydrogen (secondary N) is 1. The quantitative estimate of drug-likeness (QED) is 0.451. The van der Waals surface area contributed by atoms with E-state index < -0.39 is 5.97 Å². The molecule has 0 radical (unpaired) electrons. The first kappa shape index (κ1) is 18.3. The Morgan fingerprint density at radius 2 is 2.18 bits per heavy atom. The van der Waals surface area contributed by atoms with Crippen molar-refractivity contribution in [3.63, 3.8) is 0 Å². The normalized spacial score (nSPS) is 12.4. The number of aromatic nitrogens is 1. The second-order valence-electron chi connectivity index (χ2n) is 4.53. The Bertz CT molecular complexity index is 540. The van der Waals surface area contributed by atoms with Gasteiger partial charge in [0.25, 0.3) is 5.91 Å². The smallest absolute Gasteiger partial charge is 0.330 e. The summed E-state index contributed by atoms with van der Waals surface area (Å²) in [5.41, 5.74) is 0.703. The van der Waals surface area contributed by atoms with Gasteiger partial charge in [0.15, 0.2) is 0 Å². The zero-order valence-corrected chi connectivity index (χ0v) is 14.2. The van der Waals surface area contributed by atoms with Crippen molar-refractivity contribution in [2.45, 2.75) is 33.3 Å². The Morgan fingerprint density at radius 1 is 1.45 bits per heavy atom. The van der Waals surface area contributed by atoms with Gasteiger partial charge in [0, 0.05) is 19.2 Å². The lowest BCUT2D eigenvalue weighted by Gasteiger charge is -2.06. The van der Waals surface area contributed by atoms with E-state index in [1.165, 1.54) is 24.5 Å². The van der Waals surface area contributed by atoms with Crippen molar-refractivity contribution in [3.8, 4) is 0 Å². The van der Waals surface area contributed by atoms with Gasteiger partial charge in [-0.25, -0.2) is 9.78 Å². The van der Waals surface area contributed by atoms with Crippen LogP contribution in [0.15, 0.2) is 12.2 Å². The highest BCUT2D eigenvalue weighted by atomic mass is 32.1. The van der Waals surface area contributed by atoms with Crippen molar-refractivity contribution >= 4 is 23.2 Å². The van der Waals surface area contributed by atoms with Gasteiger partial charge in [-0.05, 0) is 27.2 Å². The van der Waals surface area contributed by atoms with Gasteiger partial charge in [-0.2, -0.15) is 0 Å². The van der Waals surface area contributed by atoms with Crippen LogP contribution in [0, 0.1) is 6.92 Å². The summed E-state index contributed by atoms with van der Waals surface area (Å²) in [6.45, 7) is 6.70. The first-order valence-corrected chi connectivity index (χ1v) is 7.92. The number of esters is 1. The summed E-state index contributed by atoms with van der Waals surface area (Å²) in [6.07, 6.45) is 3.44. The molecular weight excluding hydrogens is 304 g/mol. The largest absolute Gasteiger partial charge is 0.466 e. The van der Waals surface area contributed by atoms with Crippen LogP contribution in [0.25, 0.3) is 0 Å². The molecule has 1 N–H and O–H groups in total. The van der Waals surface area contributed by atoms with Crippen LogP contribution in [-0.2, 0) is 14.3 Å². The summed E-state index contributed by atoms with van der Waals surface area (Å²) in [5, 5.41) is 3.60. The van der Waals surface area contributed by atoms with Crippen LogP contribution < -0.4 is 5.32 Å². The molecule has 1 rings (SSSR count). The molecule has 1 unspecified atom stereocenters. The summed E-state index contributed by atoms with van der Waals surface area (Å²) < 4.78 is 9.96. The van der Waals surface area contributed by atoms with Gasteiger partial charge in [0.05, 0.1) is 12.8 Å². The average molecular weight is 326 g/mol. The fourth-order valence-electron chi connectivity index (χ4n) is 1.72. The molecule has 0 bridgehead atoms. The number of aryl methyl sites for hydroxylation is 1. The summed E-state index contributed by atoms with van der Waals surface area (Å²) in [6, 6.07) is 0. The highest BCUT2D eigenvalue weighted by molar-refractivity contribution is 7.13. The number of carbonyl (C=O) groups excluding carboxylic acids is 2. The molecule has 0 fully saturated rings. The molecule has 0 saturated heterocycles. The lowest BCUT2D eigenvalue weighted by Crippen LogP contribution is -2.23. The third-order valence-electron chi connectivity index (χ3n) is 2.84. The second kappa shape index (κ2) is 9.32. The zero-order valence-electron chi connectivity index (χ0n) is 13.3. The predicted molar refractivity (Wildman–Crippen MR) is 85.0 cm³/mol. The molecule has 1 aromatic rings. The number of amides is 1. The lowest BCUT2D eigenvalue weighted by atomic mass is 10.3. The predicted octanol–water partition coefficient (Wildman–Crippen LogP) is 2.40. The maximum atomic E-state index is 12.1. The minimum absolute atomic E-state index is 0.113. The molecule has 122 valence electrons. The van der Waals surface area contributed by atoms with Crippen LogP contribution in [0.2, 0.25) is 0 Å². The molecule has 0 aliphatic heterocycles. The Hall–Kier alpha value is -1.73. The van der Waals surface area contributed by atoms with Gasteiger partial charge in [0.2, 0.25) is 0 Å². The van der Waals surface area contributed by atoms with Crippen molar-refractivity contribution in [3.05, 3.63) is 27.7 Å². The van der Waals surface area contributed by atoms with E-state index in [2.05, 4.69) is 15.0 Å². The number of carbonyl (C=O) groups is 2. The summed E-state index contributed by atoms with van der Waals surface area (Å²) in [7, 11) is 1.32. The van der Waals surface area contributed by atoms with Gasteiger partial charge in [-0.15, -0.1) is 11.3 Å². The minimum Gasteiger partial charge on any atom is -0.466 e. The maximum Gasteiger partial charge on any atom is 0.330 e. The van der Waals surface area contributed by atoms with Gasteiger partial charge in [-0.1, -0.05) is 6.08 Å². The number of hydrogen-bond acceptors (Lipinski definition) is 6. The number of hydrogen-bond donors (Lipinski definition) is 1. The van der Waals surface area contributed by atoms with E-state index >= 15 is 0 Å². The van der Waals surface area contributed by atoms with Crippen molar-refractivity contribution in [1.29, 1.82) is 0 Å². The molecule has 6 nitrogen and oxygen atoms in total. The lowest BCUT2D eigenvalue weighted by molar-refractivity contribution is -0.134. The van der Waals surface area contributed by atoms with Crippen molar-refractivity contribution < 1.29 is 19.1 Å². The first-order valence-electron chi connectivity index (χ1n) is 7.11. The number of methoxy groups -OCH3 is 1. The Kier molecular flexibility index (Phi) is 7.76. The Balaban J connectivity index is 2.52. The zero-order chi connectivity index (χ0) is 16.5. The summed E-state index contributed by atoms with van der Waals surface area (Å²) >= 11 is 1.35. The summed E-state index contributed by atoms with van der Waals surface area (Å²) in [4.78, 5) is 28.0. The molecule has 1 heterocycles. The van der Waals surface area contributed by atoms with Crippen molar-refractivity contribution in [1.82, 2.24) is 10.3 Å². The van der Waals surface area contributed by atoms with Gasteiger partial charge in [0.1, 0.15) is 16.0 Å². The fourth-order valence-corrected chi connectivity index (χ4v) is 2.70. The molecule has 1 aromatic heterocycles. The van der Waals surface area contributed by atoms with E-state index in [0.29, 0.717) is 30.1 Å². The molecule has 1 atom stereocenters. The average Bonchev–Trinajstić information content (AvgIpc) is 2.88. The van der Waals surface area contributed by atoms with Gasteiger partial charge < -0.3 is 14.8 Å². The van der Waals surface area contributed by atoms with Crippen LogP contribution in [0.5, 0.6) is 0 Å². The maximum absolute atomic E-state index is 12.1. The molecule has 0 spiro atoms. The van der Waals surface area contributed by atoms with Crippen LogP contribution in [0.3, 0.4) is 0 Å². The van der Waals surface area contributed by atoms with Crippen molar-refractivity contribution in [2.75, 3.05) is 20.3 Å². The molecule has 0 aromatic carbocycles. The molecule has 0 aliphatic rings. The SMILES string of the molecule is CCOC(C)c1nc(C)c(C(=O)NCC/C=C/C(=O)OC)s1. The van der Waals surface area contributed by atoms with Gasteiger partial charge >= 0.3 is 5.97 Å². The number of thiazole rings is 1. The van der Waals surface area contributed by atoms with E-state index in [1.807, 2.05) is 20.8 Å². The highest BCUT2D eigenvalue weighted by Crippen LogP contribution is 2.25. The van der Waals surface area contributed by atoms with E-state index in [0.717, 1.165) is 5.01 Å². The second-order valence-corrected chi connectivity index (χ2v) is 5.56. The Labute approximate surface area is 134 Å². The third kappa shape index (κ3) is 5.57. The van der Waals surface area contributed by atoms with Crippen molar-refractivity contribution in [2.24, 2.45) is 0 Å². The molecule has 7 heteroatoms. The molecular formula is C15H22N2O4S. The fraction of sp³-hybridized carbons (Fsp3) is 0.533. The molecule has 0 aliphatic carbocycles. The third-order valence-corrected chi connectivity index (χ3v) is 4.15. The molecule has 22 heavy (non-hydrogen) atoms. The monoisotopic (exact) mass is 326 g/mol. The van der Waals surface area contributed by atoms with Crippen LogP contribution in [-0.4, -0.2) is 37.1 Å². The molecule has 0 saturated carbocycles. The summed E-state index contributed by atoms with van der Waals surface area (Å²) in [5.74, 6) is -0.560. The van der Waals surface area contributed by atoms with Crippen LogP contribution in [0.4, 0.5) is 0 Å². The first-order chi connectivity index (χ1) is 10.5. The van der Waals surface area contributed by atoms with Crippen LogP contribution in [0.1, 0.15) is 46.7 Å². The Morgan fingerprint density at radius 3 is 2.82 bits per heavy atom. The van der Waals surface area contributed by atoms with Gasteiger partial charge in [-0.3, -0.25) is 4.79 Å². The standard InChI is InChI=1S/C15H22N2O4S/c1-5-21-11(3)15-17-10(2)13(22-15)14(19)16-9-7-6-8-12(18)20-4/h6,8,11H,5,7,9H2,1-4H3,(H,16,19)/b8-6+. The number of ether oxygens (including phenoxy) is 2. The van der Waals surface area contributed by atoms with E-state index in [-0.39, 0.29) is 12.0 Å². The number of nitrogens with zero attached hydrogens (tertiary/aromatic N) is 1. The van der Waals surface area contributed by atoms with E-state index in [4.69, 9.17) is 4.74 Å². The minimum atomic E-state index is -0.404. The van der Waals surface area contributed by atoms with E-state index in [9.17, 15) is 9.59 Å². The highest BCUT2D eigenvalue weighted by Gasteiger charge is 2.18. The van der Waals surface area contributed by atoms with E-state index in [1.54, 1.807) is 6.08 Å². The number of rotatable bonds is 8. The molecule has 1 amide bonds.